The van der Waals surface area contributed by atoms with Crippen LogP contribution in [0.1, 0.15) is 5.56 Å². The number of carbonyl (C=O) groups is 1. The number of carbonyl (C=O) groups excluding carboxylic acids is 1. The zero-order valence-electron chi connectivity index (χ0n) is 14.6. The Morgan fingerprint density at radius 2 is 1.93 bits per heavy atom. The normalized spacial score (nSPS) is 9.78. The van der Waals surface area contributed by atoms with Crippen LogP contribution in [0.2, 0.25) is 0 Å². The Balaban J connectivity index is 1.72. The van der Waals surface area contributed by atoms with Crippen molar-refractivity contribution in [2.24, 2.45) is 0 Å². The molecule has 2 N–H and O–H groups in total. The van der Waals surface area contributed by atoms with Gasteiger partial charge in [-0.2, -0.15) is 5.26 Å². The molecule has 140 valence electrons. The minimum Gasteiger partial charge on any atom is -0.493 e. The number of methoxy groups -OCH3 is 1. The van der Waals surface area contributed by atoms with Gasteiger partial charge in [0.15, 0.2) is 18.1 Å². The van der Waals surface area contributed by atoms with Gasteiger partial charge in [-0.1, -0.05) is 0 Å². The summed E-state index contributed by atoms with van der Waals surface area (Å²) in [6, 6.07) is 12.7. The fourth-order valence-corrected chi connectivity index (χ4v) is 2.16. The third-order valence-electron chi connectivity index (χ3n) is 3.51. The molecule has 0 aliphatic heterocycles. The quantitative estimate of drug-likeness (QED) is 0.393. The highest BCUT2D eigenvalue weighted by molar-refractivity contribution is 5.77. The number of rotatable bonds is 9. The number of anilines is 1. The van der Waals surface area contributed by atoms with E-state index in [1.165, 1.54) is 25.3 Å². The van der Waals surface area contributed by atoms with E-state index in [-0.39, 0.29) is 18.2 Å². The van der Waals surface area contributed by atoms with Gasteiger partial charge < -0.3 is 20.1 Å². The summed E-state index contributed by atoms with van der Waals surface area (Å²) in [6.45, 7) is 0.604. The minimum absolute atomic E-state index is 0.0178. The molecule has 2 aromatic rings. The minimum atomic E-state index is -0.465. The topological polar surface area (TPSA) is 127 Å². The van der Waals surface area contributed by atoms with Crippen molar-refractivity contribution in [3.63, 3.8) is 0 Å². The van der Waals surface area contributed by atoms with Gasteiger partial charge in [0.1, 0.15) is 0 Å². The Labute approximate surface area is 155 Å². The molecule has 0 aliphatic rings. The average Bonchev–Trinajstić information content (AvgIpc) is 2.69. The van der Waals surface area contributed by atoms with Crippen LogP contribution in [0.3, 0.4) is 0 Å². The van der Waals surface area contributed by atoms with Crippen LogP contribution in [0.5, 0.6) is 11.5 Å². The first-order valence-electron chi connectivity index (χ1n) is 7.99. The molecule has 0 aliphatic carbocycles. The standard InChI is InChI=1S/C18H18N4O5/c1-26-17-10-13(11-19)2-7-16(17)27-12-18(23)21-9-8-20-14-3-5-15(6-4-14)22(24)25/h2-7,10,20H,8-9,12H2,1H3,(H,21,23). The molecule has 1 amide bonds. The number of hydrogen-bond acceptors (Lipinski definition) is 7. The summed E-state index contributed by atoms with van der Waals surface area (Å²) in [4.78, 5) is 22.0. The summed E-state index contributed by atoms with van der Waals surface area (Å²) in [5.74, 6) is 0.434. The number of hydrogen-bond donors (Lipinski definition) is 2. The highest BCUT2D eigenvalue weighted by Crippen LogP contribution is 2.27. The summed E-state index contributed by atoms with van der Waals surface area (Å²) in [7, 11) is 1.45. The van der Waals surface area contributed by atoms with Crippen LogP contribution in [0.4, 0.5) is 11.4 Å². The lowest BCUT2D eigenvalue weighted by molar-refractivity contribution is -0.384. The average molecular weight is 370 g/mol. The van der Waals surface area contributed by atoms with Gasteiger partial charge in [-0.25, -0.2) is 0 Å². The van der Waals surface area contributed by atoms with Crippen molar-refractivity contribution in [2.75, 3.05) is 32.1 Å². The van der Waals surface area contributed by atoms with Crippen molar-refractivity contribution in [2.45, 2.75) is 0 Å². The largest absolute Gasteiger partial charge is 0.493 e. The maximum absolute atomic E-state index is 11.8. The predicted molar refractivity (Wildman–Crippen MR) is 97.8 cm³/mol. The Morgan fingerprint density at radius 1 is 1.19 bits per heavy atom. The molecule has 0 aromatic heterocycles. The molecule has 9 nitrogen and oxygen atoms in total. The van der Waals surface area contributed by atoms with E-state index >= 15 is 0 Å². The molecule has 9 heteroatoms. The molecule has 0 radical (unpaired) electrons. The van der Waals surface area contributed by atoms with Crippen molar-refractivity contribution in [3.05, 3.63) is 58.1 Å². The van der Waals surface area contributed by atoms with Crippen LogP contribution < -0.4 is 20.1 Å². The first-order valence-corrected chi connectivity index (χ1v) is 7.99. The van der Waals surface area contributed by atoms with Crippen LogP contribution in [-0.4, -0.2) is 37.6 Å². The SMILES string of the molecule is COc1cc(C#N)ccc1OCC(=O)NCCNc1ccc([N+](=O)[O-])cc1. The predicted octanol–water partition coefficient (Wildman–Crippen LogP) is 2.08. The number of nitrogens with zero attached hydrogens (tertiary/aromatic N) is 2. The lowest BCUT2D eigenvalue weighted by Gasteiger charge is -2.11. The summed E-state index contributed by atoms with van der Waals surface area (Å²) in [5, 5.41) is 25.2. The molecule has 0 bridgehead atoms. The van der Waals surface area contributed by atoms with Gasteiger partial charge in [-0.15, -0.1) is 0 Å². The summed E-state index contributed by atoms with van der Waals surface area (Å²) >= 11 is 0. The van der Waals surface area contributed by atoms with Crippen molar-refractivity contribution in [1.29, 1.82) is 5.26 Å². The van der Waals surface area contributed by atoms with Crippen LogP contribution in [0, 0.1) is 21.4 Å². The number of nitro groups is 1. The Morgan fingerprint density at radius 3 is 2.56 bits per heavy atom. The van der Waals surface area contributed by atoms with Crippen LogP contribution in [0.25, 0.3) is 0 Å². The number of nitro benzene ring substituents is 1. The maximum Gasteiger partial charge on any atom is 0.269 e. The van der Waals surface area contributed by atoms with Crippen LogP contribution >= 0.6 is 0 Å². The molecule has 0 spiro atoms. The molecular formula is C18H18N4O5. The van der Waals surface area contributed by atoms with E-state index in [2.05, 4.69) is 10.6 Å². The number of nitriles is 1. The number of ether oxygens (including phenoxy) is 2. The first kappa shape index (κ1) is 19.5. The fourth-order valence-electron chi connectivity index (χ4n) is 2.16. The molecular weight excluding hydrogens is 352 g/mol. The van der Waals surface area contributed by atoms with E-state index in [1.807, 2.05) is 6.07 Å². The smallest absolute Gasteiger partial charge is 0.269 e. The summed E-state index contributed by atoms with van der Waals surface area (Å²) < 4.78 is 10.5. The van der Waals surface area contributed by atoms with Gasteiger partial charge in [-0.05, 0) is 24.3 Å². The molecule has 0 fully saturated rings. The van der Waals surface area contributed by atoms with E-state index in [0.717, 1.165) is 0 Å². The first-order chi connectivity index (χ1) is 13.0. The fraction of sp³-hybridized carbons (Fsp3) is 0.222. The van der Waals surface area contributed by atoms with Crippen LogP contribution in [0.15, 0.2) is 42.5 Å². The van der Waals surface area contributed by atoms with Gasteiger partial charge in [0, 0.05) is 37.0 Å². The van der Waals surface area contributed by atoms with Crippen LogP contribution in [-0.2, 0) is 4.79 Å². The second kappa shape index (κ2) is 9.62. The molecule has 0 atom stereocenters. The second-order valence-electron chi connectivity index (χ2n) is 5.35. The second-order valence-corrected chi connectivity index (χ2v) is 5.35. The third-order valence-corrected chi connectivity index (χ3v) is 3.51. The van der Waals surface area contributed by atoms with E-state index in [1.54, 1.807) is 24.3 Å². The van der Waals surface area contributed by atoms with Crippen molar-refractivity contribution in [1.82, 2.24) is 5.32 Å². The van der Waals surface area contributed by atoms with Gasteiger partial charge in [0.2, 0.25) is 0 Å². The molecule has 2 rings (SSSR count). The molecule has 0 saturated heterocycles. The molecule has 0 unspecified atom stereocenters. The highest BCUT2D eigenvalue weighted by Gasteiger charge is 2.08. The summed E-state index contributed by atoms with van der Waals surface area (Å²) in [6.07, 6.45) is 0. The van der Waals surface area contributed by atoms with Crippen molar-refractivity contribution >= 4 is 17.3 Å². The van der Waals surface area contributed by atoms with Crippen molar-refractivity contribution < 1.29 is 19.2 Å². The molecule has 27 heavy (non-hydrogen) atoms. The zero-order chi connectivity index (χ0) is 19.6. The van der Waals surface area contributed by atoms with E-state index in [0.29, 0.717) is 35.8 Å². The highest BCUT2D eigenvalue weighted by atomic mass is 16.6. The van der Waals surface area contributed by atoms with Gasteiger partial charge in [0.05, 0.1) is 23.7 Å². The molecule has 0 heterocycles. The van der Waals surface area contributed by atoms with E-state index in [9.17, 15) is 14.9 Å². The maximum atomic E-state index is 11.8. The number of nitrogens with one attached hydrogen (secondary N) is 2. The van der Waals surface area contributed by atoms with Gasteiger partial charge in [0.25, 0.3) is 11.6 Å². The lowest BCUT2D eigenvalue weighted by Crippen LogP contribution is -2.32. The third kappa shape index (κ3) is 5.89. The van der Waals surface area contributed by atoms with Gasteiger partial charge >= 0.3 is 0 Å². The lowest BCUT2D eigenvalue weighted by atomic mass is 10.2. The number of amides is 1. The number of non-ortho nitro benzene ring substituents is 1. The summed E-state index contributed by atoms with van der Waals surface area (Å²) in [5.41, 5.74) is 1.17. The number of benzene rings is 2. The Hall–Kier alpha value is -3.80. The van der Waals surface area contributed by atoms with Crippen molar-refractivity contribution in [3.8, 4) is 17.6 Å². The Kier molecular flexibility index (Phi) is 6.96. The molecule has 0 saturated carbocycles. The zero-order valence-corrected chi connectivity index (χ0v) is 14.6. The monoisotopic (exact) mass is 370 g/mol. The Bertz CT molecular complexity index is 846. The van der Waals surface area contributed by atoms with E-state index < -0.39 is 4.92 Å². The van der Waals surface area contributed by atoms with Gasteiger partial charge in [-0.3, -0.25) is 14.9 Å². The van der Waals surface area contributed by atoms with E-state index in [4.69, 9.17) is 14.7 Å². The molecule has 2 aromatic carbocycles.